The molecule has 2 aliphatic carbocycles. The number of quaternary nitrogens is 1. The predicted octanol–water partition coefficient (Wildman–Crippen LogP) is 2.00. The molecule has 0 saturated heterocycles. The Morgan fingerprint density at radius 3 is 2.38 bits per heavy atom. The first-order valence-electron chi connectivity index (χ1n) is 7.36. The lowest BCUT2D eigenvalue weighted by Crippen LogP contribution is -2.60. The Labute approximate surface area is 127 Å². The van der Waals surface area contributed by atoms with E-state index in [-0.39, 0.29) is 5.54 Å². The molecule has 0 radical (unpaired) electrons. The average Bonchev–Trinajstić information content (AvgIpc) is 2.98. The Morgan fingerprint density at radius 1 is 1.00 bits per heavy atom. The second-order valence-electron chi connectivity index (χ2n) is 7.27. The third-order valence-electron chi connectivity index (χ3n) is 4.94. The van der Waals surface area contributed by atoms with E-state index in [0.29, 0.717) is 4.15 Å². The highest BCUT2D eigenvalue weighted by molar-refractivity contribution is 6.60. The van der Waals surface area contributed by atoms with E-state index in [1.165, 1.54) is 16.3 Å². The summed E-state index contributed by atoms with van der Waals surface area (Å²) < 4.78 is 13.7. The highest BCUT2D eigenvalue weighted by atomic mass is 28.3. The summed E-state index contributed by atoms with van der Waals surface area (Å²) in [6, 6.07) is 4.38. The van der Waals surface area contributed by atoms with E-state index in [2.05, 4.69) is 77.4 Å². The van der Waals surface area contributed by atoms with Gasteiger partial charge in [-0.1, -0.05) is 24.3 Å². The van der Waals surface area contributed by atoms with E-state index in [1.807, 2.05) is 0 Å². The van der Waals surface area contributed by atoms with Crippen LogP contribution < -0.4 is 10.4 Å². The van der Waals surface area contributed by atoms with Gasteiger partial charge in [0.2, 0.25) is 0 Å². The number of hydrogen-bond acceptors (Lipinski definition) is 1. The predicted molar refractivity (Wildman–Crippen MR) is 89.9 cm³/mol. The molecule has 0 N–H and O–H groups in total. The van der Waals surface area contributed by atoms with Gasteiger partial charge in [-0.15, -0.1) is 0 Å². The molecule has 3 heteroatoms. The topological polar surface area (TPSA) is 17.1 Å². The van der Waals surface area contributed by atoms with Crippen LogP contribution in [-0.4, -0.2) is 32.6 Å². The van der Waals surface area contributed by atoms with Gasteiger partial charge in [-0.3, -0.25) is 0 Å². The number of nitrogens with zero attached hydrogens (tertiary/aromatic N) is 1. The third kappa shape index (κ3) is 2.12. The highest BCUT2D eigenvalue weighted by Crippen LogP contribution is 2.24. The van der Waals surface area contributed by atoms with Crippen LogP contribution in [0.3, 0.4) is 0 Å². The fraction of sp³-hybridized carbons (Fsp3) is 0.333. The minimum absolute atomic E-state index is 0.0515. The van der Waals surface area contributed by atoms with Crippen LogP contribution in [0.5, 0.6) is 0 Å². The van der Waals surface area contributed by atoms with Gasteiger partial charge < -0.3 is 8.61 Å². The molecule has 0 fully saturated rings. The molecule has 0 amide bonds. The Hall–Kier alpha value is -1.58. The molecule has 1 aromatic rings. The lowest BCUT2D eigenvalue weighted by molar-refractivity contribution is -0.836. The second-order valence-corrected chi connectivity index (χ2v) is 9.54. The van der Waals surface area contributed by atoms with E-state index in [4.69, 9.17) is 0 Å². The van der Waals surface area contributed by atoms with Gasteiger partial charge in [0.1, 0.15) is 0 Å². The molecule has 0 saturated carbocycles. The molecule has 108 valence electrons. The molecule has 0 bridgehead atoms. The summed E-state index contributed by atoms with van der Waals surface area (Å²) in [6.07, 6.45) is 10.5. The SMILES string of the molecule is CC(C)(C)[N+](C)(C)[Si](=O)C1=c2cc3c(cc2C=C1)=CC=C3. The van der Waals surface area contributed by atoms with Crippen molar-refractivity contribution < 1.29 is 8.61 Å². The number of hydrogen-bond donors (Lipinski definition) is 0. The van der Waals surface area contributed by atoms with Gasteiger partial charge in [-0.05, 0) is 60.5 Å². The minimum atomic E-state index is -1.95. The van der Waals surface area contributed by atoms with Crippen molar-refractivity contribution >= 4 is 32.3 Å². The Balaban J connectivity index is 2.19. The van der Waals surface area contributed by atoms with Crippen LogP contribution in [0.1, 0.15) is 31.9 Å². The molecule has 0 heterocycles. The first-order valence-corrected chi connectivity index (χ1v) is 8.71. The summed E-state index contributed by atoms with van der Waals surface area (Å²) in [6.45, 7) is 6.45. The minimum Gasteiger partial charge on any atom is -0.325 e. The van der Waals surface area contributed by atoms with Crippen LogP contribution in [0.4, 0.5) is 0 Å². The fourth-order valence-corrected chi connectivity index (χ4v) is 4.51. The van der Waals surface area contributed by atoms with Gasteiger partial charge in [-0.2, -0.15) is 0 Å². The average molecular weight is 296 g/mol. The van der Waals surface area contributed by atoms with Crippen molar-refractivity contribution in [2.75, 3.05) is 14.1 Å². The summed E-state index contributed by atoms with van der Waals surface area (Å²) in [5, 5.41) is 3.41. The van der Waals surface area contributed by atoms with Gasteiger partial charge in [0.05, 0.1) is 24.8 Å². The molecule has 0 aliphatic heterocycles. The fourth-order valence-electron chi connectivity index (χ4n) is 2.62. The lowest BCUT2D eigenvalue weighted by Gasteiger charge is -2.40. The van der Waals surface area contributed by atoms with Crippen LogP contribution in [0.15, 0.2) is 24.3 Å². The highest BCUT2D eigenvalue weighted by Gasteiger charge is 2.43. The van der Waals surface area contributed by atoms with Crippen molar-refractivity contribution in [3.8, 4) is 0 Å². The largest absolute Gasteiger partial charge is 0.592 e. The summed E-state index contributed by atoms with van der Waals surface area (Å²) in [4.78, 5) is 0. The monoisotopic (exact) mass is 296 g/mol. The molecule has 2 aliphatic rings. The standard InChI is InChI=1S/C18H22NOSi/c1-18(2,3)19(4,5)21(20)17-10-9-15-11-13-7-6-8-14(13)12-16(15)17/h6-12H,1-5H3/q+1. The maximum absolute atomic E-state index is 13.2. The maximum Gasteiger partial charge on any atom is 0.592 e. The Morgan fingerprint density at radius 2 is 1.71 bits per heavy atom. The zero-order chi connectivity index (χ0) is 15.4. The molecule has 2 nitrogen and oxygen atoms in total. The van der Waals surface area contributed by atoms with E-state index >= 15 is 0 Å². The van der Waals surface area contributed by atoms with Gasteiger partial charge >= 0.3 is 8.84 Å². The lowest BCUT2D eigenvalue weighted by atomic mass is 10.1. The van der Waals surface area contributed by atoms with E-state index in [1.54, 1.807) is 0 Å². The first-order chi connectivity index (χ1) is 9.72. The number of benzene rings is 1. The molecule has 0 atom stereocenters. The molecule has 0 unspecified atom stereocenters. The van der Waals surface area contributed by atoms with E-state index in [0.717, 1.165) is 10.4 Å². The second kappa shape index (κ2) is 4.45. The molecule has 3 rings (SSSR count). The zero-order valence-electron chi connectivity index (χ0n) is 13.4. The maximum atomic E-state index is 13.2. The Bertz CT molecular complexity index is 820. The molecule has 0 aromatic heterocycles. The molecular formula is C18H22NOSi+. The number of rotatable bonds is 2. The normalized spacial score (nSPS) is 16.0. The summed E-state index contributed by atoms with van der Waals surface area (Å²) in [7, 11) is 2.19. The zero-order valence-corrected chi connectivity index (χ0v) is 14.4. The van der Waals surface area contributed by atoms with Crippen molar-refractivity contribution in [1.82, 2.24) is 0 Å². The van der Waals surface area contributed by atoms with E-state index < -0.39 is 8.84 Å². The van der Waals surface area contributed by atoms with Crippen LogP contribution in [0, 0.1) is 0 Å². The van der Waals surface area contributed by atoms with Crippen LogP contribution in [0.25, 0.3) is 23.4 Å². The quantitative estimate of drug-likeness (QED) is 0.763. The van der Waals surface area contributed by atoms with Gasteiger partial charge in [-0.25, -0.2) is 0 Å². The summed E-state index contributed by atoms with van der Waals surface area (Å²) in [5.74, 6) is 0. The van der Waals surface area contributed by atoms with Crippen molar-refractivity contribution in [1.29, 1.82) is 0 Å². The molecule has 21 heavy (non-hydrogen) atoms. The van der Waals surface area contributed by atoms with Gasteiger partial charge in [0, 0.05) is 0 Å². The van der Waals surface area contributed by atoms with Crippen LogP contribution >= 0.6 is 0 Å². The van der Waals surface area contributed by atoms with Crippen molar-refractivity contribution in [3.05, 3.63) is 45.8 Å². The first kappa shape index (κ1) is 14.4. The van der Waals surface area contributed by atoms with Gasteiger partial charge in [0.15, 0.2) is 0 Å². The number of fused-ring (bicyclic) bond motifs is 2. The van der Waals surface area contributed by atoms with Crippen molar-refractivity contribution in [2.45, 2.75) is 26.3 Å². The molecule has 0 spiro atoms. The van der Waals surface area contributed by atoms with Crippen molar-refractivity contribution in [3.63, 3.8) is 0 Å². The summed E-state index contributed by atoms with van der Waals surface area (Å²) in [5.41, 5.74) is 2.37. The smallest absolute Gasteiger partial charge is 0.325 e. The van der Waals surface area contributed by atoms with Gasteiger partial charge in [0.25, 0.3) is 0 Å². The van der Waals surface area contributed by atoms with Crippen molar-refractivity contribution in [2.24, 2.45) is 0 Å². The van der Waals surface area contributed by atoms with Crippen LogP contribution in [-0.2, 0) is 4.46 Å². The van der Waals surface area contributed by atoms with Crippen LogP contribution in [0.2, 0.25) is 0 Å². The summed E-state index contributed by atoms with van der Waals surface area (Å²) >= 11 is 0. The molecule has 1 aromatic carbocycles. The number of allylic oxidation sites excluding steroid dienone is 2. The third-order valence-corrected chi connectivity index (χ3v) is 7.52. The molecular weight excluding hydrogens is 274 g/mol. The van der Waals surface area contributed by atoms with E-state index in [9.17, 15) is 4.46 Å². The Kier molecular flexibility index (Phi) is 3.05.